The van der Waals surface area contributed by atoms with Crippen LogP contribution in [0.15, 0.2) is 23.8 Å². The number of hydrogen-bond acceptors (Lipinski definition) is 1. The summed E-state index contributed by atoms with van der Waals surface area (Å²) in [5, 5.41) is 8.54. The van der Waals surface area contributed by atoms with E-state index in [0.29, 0.717) is 5.57 Å². The Morgan fingerprint density at radius 3 is 2.79 bits per heavy atom. The first-order valence-electron chi connectivity index (χ1n) is 4.61. The fourth-order valence-corrected chi connectivity index (χ4v) is 0.773. The van der Waals surface area contributed by atoms with E-state index in [-0.39, 0.29) is 5.57 Å². The Hall–Kier alpha value is -1.56. The van der Waals surface area contributed by atoms with Gasteiger partial charge in [0.2, 0.25) is 0 Å². The van der Waals surface area contributed by atoms with Gasteiger partial charge in [0.1, 0.15) is 0 Å². The molecule has 0 radical (unpaired) electrons. The van der Waals surface area contributed by atoms with E-state index in [0.717, 1.165) is 19.4 Å². The number of carboxylic acid groups (broad SMARTS) is 1. The fourth-order valence-electron chi connectivity index (χ4n) is 0.773. The second-order valence-corrected chi connectivity index (χ2v) is 3.00. The van der Waals surface area contributed by atoms with E-state index in [4.69, 9.17) is 5.11 Å². The van der Waals surface area contributed by atoms with Gasteiger partial charge >= 0.3 is 12.0 Å². The van der Waals surface area contributed by atoms with E-state index >= 15 is 0 Å². The Morgan fingerprint density at radius 2 is 2.29 bits per heavy atom. The number of aliphatic carboxylic acids is 1. The first kappa shape index (κ1) is 12.4. The van der Waals surface area contributed by atoms with Crippen molar-refractivity contribution in [3.63, 3.8) is 0 Å². The molecule has 0 rings (SSSR count). The van der Waals surface area contributed by atoms with Gasteiger partial charge in [-0.2, -0.15) is 0 Å². The monoisotopic (exact) mass is 194 g/mol. The number of unbranched alkanes of at least 4 members (excludes halogenated alkanes) is 1. The summed E-state index contributed by atoms with van der Waals surface area (Å²) in [6, 6.07) is 2.77. The highest BCUT2D eigenvalue weighted by molar-refractivity contribution is 5.89. The summed E-state index contributed by atoms with van der Waals surface area (Å²) in [6.07, 6.45) is 3.58. The highest BCUT2D eigenvalue weighted by Gasteiger charge is 2.01. The largest absolute Gasteiger partial charge is 0.478 e. The maximum Gasteiger partial charge on any atom is 0.335 e. The van der Waals surface area contributed by atoms with E-state index < -0.39 is 5.97 Å². The van der Waals surface area contributed by atoms with Crippen molar-refractivity contribution in [2.45, 2.75) is 26.7 Å². The number of allylic oxidation sites excluding steroid dienone is 1. The molecule has 76 valence electrons. The zero-order valence-corrected chi connectivity index (χ0v) is 8.71. The van der Waals surface area contributed by atoms with Gasteiger partial charge in [0, 0.05) is 6.42 Å². The summed E-state index contributed by atoms with van der Waals surface area (Å²) in [5.41, 5.74) is 0.745. The molecule has 0 aromatic rings. The molecule has 3 nitrogen and oxygen atoms in total. The Bertz CT molecular complexity index is 305. The van der Waals surface area contributed by atoms with Crippen molar-refractivity contribution in [3.05, 3.63) is 28.6 Å². The van der Waals surface area contributed by atoms with Gasteiger partial charge in [0.15, 0.2) is 0 Å². The van der Waals surface area contributed by atoms with Crippen LogP contribution >= 0.6 is 0 Å². The second-order valence-electron chi connectivity index (χ2n) is 3.00. The summed E-state index contributed by atoms with van der Waals surface area (Å²) in [7, 11) is 0. The standard InChI is InChI=1S/C11H15NO2/c1-4-5-6-12-8-9(2)7-10(3)11(13)14/h7H,3-6H2,1-2H3/p+1. The number of rotatable bonds is 4. The first-order chi connectivity index (χ1) is 6.57. The van der Waals surface area contributed by atoms with Crippen molar-refractivity contribution in [2.75, 3.05) is 6.54 Å². The van der Waals surface area contributed by atoms with Crippen LogP contribution in [0.4, 0.5) is 0 Å². The van der Waals surface area contributed by atoms with E-state index in [9.17, 15) is 4.79 Å². The fraction of sp³-hybridized carbons (Fsp3) is 0.455. The van der Waals surface area contributed by atoms with E-state index in [1.54, 1.807) is 6.92 Å². The summed E-state index contributed by atoms with van der Waals surface area (Å²) in [5.74, 6) is -1.01. The minimum atomic E-state index is -1.01. The molecule has 0 unspecified atom stereocenters. The van der Waals surface area contributed by atoms with Crippen LogP contribution in [0.3, 0.4) is 0 Å². The number of nitrogens with zero attached hydrogens (tertiary/aromatic N) is 1. The normalized spacial score (nSPS) is 10.3. The minimum Gasteiger partial charge on any atom is -0.478 e. The van der Waals surface area contributed by atoms with Crippen LogP contribution in [0, 0.1) is 6.07 Å². The molecule has 1 N–H and O–H groups in total. The predicted molar refractivity (Wildman–Crippen MR) is 57.6 cm³/mol. The Balaban J connectivity index is 4.16. The molecule has 0 heterocycles. The molecule has 0 aliphatic rings. The Morgan fingerprint density at radius 1 is 1.64 bits per heavy atom. The molecule has 0 fully saturated rings. The van der Waals surface area contributed by atoms with Gasteiger partial charge in [0.05, 0.1) is 11.1 Å². The summed E-state index contributed by atoms with van der Waals surface area (Å²) >= 11 is 0. The molecule has 0 aliphatic carbocycles. The number of carbonyl (C=O) groups is 1. The molecule has 0 aromatic carbocycles. The molecule has 0 aliphatic heterocycles. The van der Waals surface area contributed by atoms with E-state index in [2.05, 4.69) is 24.4 Å². The predicted octanol–water partition coefficient (Wildman–Crippen LogP) is 2.71. The van der Waals surface area contributed by atoms with E-state index in [1.807, 2.05) is 0 Å². The molecule has 0 saturated heterocycles. The van der Waals surface area contributed by atoms with Gasteiger partial charge < -0.3 is 5.11 Å². The first-order valence-corrected chi connectivity index (χ1v) is 4.61. The van der Waals surface area contributed by atoms with Crippen LogP contribution < -0.4 is 0 Å². The highest BCUT2D eigenvalue weighted by atomic mass is 16.4. The van der Waals surface area contributed by atoms with Crippen LogP contribution in [0.25, 0.3) is 4.85 Å². The summed E-state index contributed by atoms with van der Waals surface area (Å²) in [4.78, 5) is 14.4. The molecule has 0 spiro atoms. The zero-order valence-electron chi connectivity index (χ0n) is 8.71. The molecule has 0 saturated carbocycles. The van der Waals surface area contributed by atoms with E-state index in [1.165, 1.54) is 6.08 Å². The molecular formula is C11H16NO2+. The van der Waals surface area contributed by atoms with Gasteiger partial charge in [0.25, 0.3) is 6.54 Å². The van der Waals surface area contributed by atoms with Gasteiger partial charge in [-0.1, -0.05) is 18.3 Å². The highest BCUT2D eigenvalue weighted by Crippen LogP contribution is 1.99. The maximum atomic E-state index is 10.4. The zero-order chi connectivity index (χ0) is 11.0. The van der Waals surface area contributed by atoms with Crippen molar-refractivity contribution >= 4 is 5.97 Å². The van der Waals surface area contributed by atoms with Crippen molar-refractivity contribution < 1.29 is 9.90 Å². The average Bonchev–Trinajstić information content (AvgIpc) is 2.12. The van der Waals surface area contributed by atoms with Crippen molar-refractivity contribution in [3.8, 4) is 6.07 Å². The summed E-state index contributed by atoms with van der Waals surface area (Å²) in [6.45, 7) is 7.96. The third-order valence-electron chi connectivity index (χ3n) is 1.54. The minimum absolute atomic E-state index is 0.0562. The van der Waals surface area contributed by atoms with Gasteiger partial charge in [-0.3, -0.25) is 0 Å². The topological polar surface area (TPSA) is 41.7 Å². The SMILES string of the molecule is C=C(C=C(C)C#[N+]CCCC)C(=O)O. The van der Waals surface area contributed by atoms with Crippen molar-refractivity contribution in [1.29, 1.82) is 0 Å². The van der Waals surface area contributed by atoms with Crippen molar-refractivity contribution in [1.82, 2.24) is 0 Å². The maximum absolute atomic E-state index is 10.4. The molecule has 3 heteroatoms. The molecule has 0 amide bonds. The lowest BCUT2D eigenvalue weighted by Gasteiger charge is -1.87. The van der Waals surface area contributed by atoms with Gasteiger partial charge in [-0.15, -0.1) is 0 Å². The quantitative estimate of drug-likeness (QED) is 0.323. The lowest BCUT2D eigenvalue weighted by molar-refractivity contribution is -0.132. The lowest BCUT2D eigenvalue weighted by atomic mass is 10.2. The Kier molecular flexibility index (Phi) is 6.13. The molecular weight excluding hydrogens is 178 g/mol. The lowest BCUT2D eigenvalue weighted by Crippen LogP contribution is -1.95. The summed E-state index contributed by atoms with van der Waals surface area (Å²) < 4.78 is 0. The smallest absolute Gasteiger partial charge is 0.335 e. The van der Waals surface area contributed by atoms with Gasteiger partial charge in [-0.25, -0.2) is 4.79 Å². The molecule has 0 atom stereocenters. The second kappa shape index (κ2) is 6.90. The average molecular weight is 194 g/mol. The third kappa shape index (κ3) is 6.01. The van der Waals surface area contributed by atoms with Crippen LogP contribution in [0.5, 0.6) is 0 Å². The van der Waals surface area contributed by atoms with Crippen LogP contribution in [-0.2, 0) is 4.79 Å². The van der Waals surface area contributed by atoms with Crippen molar-refractivity contribution in [2.24, 2.45) is 0 Å². The third-order valence-corrected chi connectivity index (χ3v) is 1.54. The molecule has 14 heavy (non-hydrogen) atoms. The molecule has 0 aromatic heterocycles. The van der Waals surface area contributed by atoms with Crippen LogP contribution in [0.1, 0.15) is 26.7 Å². The number of hydrogen-bond donors (Lipinski definition) is 1. The van der Waals surface area contributed by atoms with Crippen LogP contribution in [0.2, 0.25) is 0 Å². The Labute approximate surface area is 84.6 Å². The van der Waals surface area contributed by atoms with Crippen LogP contribution in [-0.4, -0.2) is 17.6 Å². The van der Waals surface area contributed by atoms with Gasteiger partial charge in [-0.05, 0) is 19.4 Å². The number of carboxylic acids is 1. The molecule has 0 bridgehead atoms.